The molecule has 13 heavy (non-hydrogen) atoms. The summed E-state index contributed by atoms with van der Waals surface area (Å²) in [6, 6.07) is 4.81. The van der Waals surface area contributed by atoms with Crippen LogP contribution in [0.5, 0.6) is 0 Å². The second-order valence-corrected chi connectivity index (χ2v) is 3.54. The molecule has 1 rings (SSSR count). The van der Waals surface area contributed by atoms with Crippen molar-refractivity contribution in [3.05, 3.63) is 29.6 Å². The Morgan fingerprint density at radius 3 is 2.77 bits per heavy atom. The van der Waals surface area contributed by atoms with Crippen molar-refractivity contribution in [3.63, 3.8) is 0 Å². The highest BCUT2D eigenvalue weighted by Gasteiger charge is 1.99. The van der Waals surface area contributed by atoms with Crippen LogP contribution in [0.2, 0.25) is 0 Å². The lowest BCUT2D eigenvalue weighted by atomic mass is 10.1. The van der Waals surface area contributed by atoms with Crippen LogP contribution in [0.4, 0.5) is 0 Å². The number of hydrogen-bond donors (Lipinski definition) is 1. The Bertz CT molecular complexity index is 241. The summed E-state index contributed by atoms with van der Waals surface area (Å²) in [7, 11) is 2.00. The Morgan fingerprint density at radius 1 is 1.46 bits per heavy atom. The third-order valence-corrected chi connectivity index (χ3v) is 2.33. The van der Waals surface area contributed by atoms with E-state index >= 15 is 0 Å². The lowest BCUT2D eigenvalue weighted by Crippen LogP contribution is -2.21. The van der Waals surface area contributed by atoms with Crippen molar-refractivity contribution in [3.8, 4) is 0 Å². The summed E-state index contributed by atoms with van der Waals surface area (Å²) in [5.41, 5.74) is 2.41. The predicted molar refractivity (Wildman–Crippen MR) is 55.8 cm³/mol. The first-order chi connectivity index (χ1) is 6.22. The van der Waals surface area contributed by atoms with Gasteiger partial charge < -0.3 is 5.32 Å². The number of nitrogens with one attached hydrogen (secondary N) is 1. The molecule has 1 N–H and O–H groups in total. The smallest absolute Gasteiger partial charge is 0.0372 e. The lowest BCUT2D eigenvalue weighted by molar-refractivity contribution is 0.564. The minimum atomic E-state index is 0.585. The molecule has 0 aromatic carbocycles. The third kappa shape index (κ3) is 3.55. The van der Waals surface area contributed by atoms with Gasteiger partial charge in [-0.3, -0.25) is 4.98 Å². The Hall–Kier alpha value is -0.890. The summed E-state index contributed by atoms with van der Waals surface area (Å²) in [6.07, 6.45) is 4.24. The molecule has 72 valence electrons. The van der Waals surface area contributed by atoms with E-state index in [1.165, 1.54) is 12.0 Å². The summed E-state index contributed by atoms with van der Waals surface area (Å²) in [5, 5.41) is 3.23. The zero-order valence-corrected chi connectivity index (χ0v) is 8.67. The molecule has 0 spiro atoms. The first-order valence-corrected chi connectivity index (χ1v) is 4.81. The molecule has 0 aliphatic carbocycles. The molecule has 1 aromatic rings. The monoisotopic (exact) mass is 178 g/mol. The highest BCUT2D eigenvalue weighted by molar-refractivity contribution is 5.13. The normalized spacial score (nSPS) is 12.8. The van der Waals surface area contributed by atoms with Gasteiger partial charge in [0.15, 0.2) is 0 Å². The number of rotatable bonds is 4. The number of aromatic nitrogens is 1. The number of pyridine rings is 1. The van der Waals surface area contributed by atoms with Gasteiger partial charge in [-0.1, -0.05) is 6.07 Å². The summed E-state index contributed by atoms with van der Waals surface area (Å²) in [5.74, 6) is 0. The van der Waals surface area contributed by atoms with Gasteiger partial charge in [-0.05, 0) is 45.4 Å². The summed E-state index contributed by atoms with van der Waals surface area (Å²) in [6.45, 7) is 4.21. The van der Waals surface area contributed by atoms with Crippen LogP contribution in [-0.2, 0) is 6.42 Å². The quantitative estimate of drug-likeness (QED) is 0.762. The summed E-state index contributed by atoms with van der Waals surface area (Å²) >= 11 is 0. The lowest BCUT2D eigenvalue weighted by Gasteiger charge is -2.09. The number of aryl methyl sites for hydroxylation is 2. The standard InChI is InChI=1S/C11H18N2/c1-9(12-3)4-6-11-7-5-10(2)13-8-11/h5,7-9,12H,4,6H2,1-3H3. The highest BCUT2D eigenvalue weighted by Crippen LogP contribution is 2.04. The molecule has 1 atom stereocenters. The molecule has 1 aromatic heterocycles. The molecular weight excluding hydrogens is 160 g/mol. The van der Waals surface area contributed by atoms with Crippen molar-refractivity contribution in [1.82, 2.24) is 10.3 Å². The molecule has 0 bridgehead atoms. The topological polar surface area (TPSA) is 24.9 Å². The van der Waals surface area contributed by atoms with E-state index < -0.39 is 0 Å². The second kappa shape index (κ2) is 4.97. The maximum Gasteiger partial charge on any atom is 0.0372 e. The fraction of sp³-hybridized carbons (Fsp3) is 0.545. The fourth-order valence-corrected chi connectivity index (χ4v) is 1.17. The highest BCUT2D eigenvalue weighted by atomic mass is 14.8. The molecule has 0 saturated carbocycles. The van der Waals surface area contributed by atoms with Crippen molar-refractivity contribution < 1.29 is 0 Å². The van der Waals surface area contributed by atoms with Crippen LogP contribution >= 0.6 is 0 Å². The van der Waals surface area contributed by atoms with Crippen molar-refractivity contribution >= 4 is 0 Å². The third-order valence-electron chi connectivity index (χ3n) is 2.33. The van der Waals surface area contributed by atoms with Crippen LogP contribution in [0, 0.1) is 6.92 Å². The van der Waals surface area contributed by atoms with Crippen LogP contribution in [0.15, 0.2) is 18.3 Å². The van der Waals surface area contributed by atoms with E-state index in [-0.39, 0.29) is 0 Å². The predicted octanol–water partition coefficient (Wildman–Crippen LogP) is 1.93. The minimum Gasteiger partial charge on any atom is -0.317 e. The number of nitrogens with zero attached hydrogens (tertiary/aromatic N) is 1. The largest absolute Gasteiger partial charge is 0.317 e. The van der Waals surface area contributed by atoms with Crippen molar-refractivity contribution in [1.29, 1.82) is 0 Å². The van der Waals surface area contributed by atoms with Crippen LogP contribution in [0.1, 0.15) is 24.6 Å². The van der Waals surface area contributed by atoms with E-state index in [1.54, 1.807) is 0 Å². The molecule has 0 amide bonds. The number of hydrogen-bond acceptors (Lipinski definition) is 2. The van der Waals surface area contributed by atoms with E-state index in [0.717, 1.165) is 12.1 Å². The molecule has 2 heteroatoms. The van der Waals surface area contributed by atoms with Gasteiger partial charge in [0.1, 0.15) is 0 Å². The zero-order valence-electron chi connectivity index (χ0n) is 8.67. The molecule has 0 aliphatic heterocycles. The van der Waals surface area contributed by atoms with Gasteiger partial charge in [-0.15, -0.1) is 0 Å². The second-order valence-electron chi connectivity index (χ2n) is 3.54. The summed E-state index contributed by atoms with van der Waals surface area (Å²) in [4.78, 5) is 4.26. The molecule has 2 nitrogen and oxygen atoms in total. The fourth-order valence-electron chi connectivity index (χ4n) is 1.17. The first-order valence-electron chi connectivity index (χ1n) is 4.81. The van der Waals surface area contributed by atoms with Gasteiger partial charge >= 0.3 is 0 Å². The Kier molecular flexibility index (Phi) is 3.90. The molecule has 0 aliphatic rings. The van der Waals surface area contributed by atoms with Crippen LogP contribution < -0.4 is 5.32 Å². The van der Waals surface area contributed by atoms with Crippen molar-refractivity contribution in [2.24, 2.45) is 0 Å². The minimum absolute atomic E-state index is 0.585. The van der Waals surface area contributed by atoms with E-state index in [4.69, 9.17) is 0 Å². The van der Waals surface area contributed by atoms with Gasteiger partial charge in [0.05, 0.1) is 0 Å². The van der Waals surface area contributed by atoms with Gasteiger partial charge in [0.25, 0.3) is 0 Å². The Balaban J connectivity index is 2.41. The molecule has 1 heterocycles. The molecular formula is C11H18N2. The molecule has 1 unspecified atom stereocenters. The van der Waals surface area contributed by atoms with Gasteiger partial charge in [0.2, 0.25) is 0 Å². The van der Waals surface area contributed by atoms with Crippen LogP contribution in [0.3, 0.4) is 0 Å². The maximum absolute atomic E-state index is 4.26. The van der Waals surface area contributed by atoms with E-state index in [1.807, 2.05) is 20.2 Å². The maximum atomic E-state index is 4.26. The Morgan fingerprint density at radius 2 is 2.23 bits per heavy atom. The van der Waals surface area contributed by atoms with Gasteiger partial charge in [-0.2, -0.15) is 0 Å². The van der Waals surface area contributed by atoms with Gasteiger partial charge in [-0.25, -0.2) is 0 Å². The first kappa shape index (κ1) is 10.2. The molecule has 0 radical (unpaired) electrons. The van der Waals surface area contributed by atoms with E-state index in [0.29, 0.717) is 6.04 Å². The Labute approximate surface area is 80.4 Å². The van der Waals surface area contributed by atoms with Crippen molar-refractivity contribution in [2.45, 2.75) is 32.7 Å². The van der Waals surface area contributed by atoms with Gasteiger partial charge in [0, 0.05) is 17.9 Å². The van der Waals surface area contributed by atoms with E-state index in [2.05, 4.69) is 29.4 Å². The SMILES string of the molecule is CNC(C)CCc1ccc(C)nc1. The van der Waals surface area contributed by atoms with Crippen LogP contribution in [0.25, 0.3) is 0 Å². The molecule has 0 saturated heterocycles. The van der Waals surface area contributed by atoms with Crippen molar-refractivity contribution in [2.75, 3.05) is 7.05 Å². The van der Waals surface area contributed by atoms with Crippen LogP contribution in [-0.4, -0.2) is 18.1 Å². The summed E-state index contributed by atoms with van der Waals surface area (Å²) < 4.78 is 0. The average Bonchev–Trinajstić information content (AvgIpc) is 2.16. The zero-order chi connectivity index (χ0) is 9.68. The van der Waals surface area contributed by atoms with E-state index in [9.17, 15) is 0 Å². The average molecular weight is 178 g/mol. The molecule has 0 fully saturated rings.